The molecule has 0 aromatic rings. The van der Waals surface area contributed by atoms with Crippen LogP contribution in [0.15, 0.2) is 0 Å². The van der Waals surface area contributed by atoms with Crippen molar-refractivity contribution < 1.29 is 19.4 Å². The minimum Gasteiger partial charge on any atom is -0.479 e. The number of alkyl halides is 1. The normalized spacial score (nSPS) is 51.8. The number of rotatable bonds is 3. The number of fused-ring (bicyclic) bond motifs is 5. The largest absolute Gasteiger partial charge is 0.479 e. The van der Waals surface area contributed by atoms with Gasteiger partial charge < -0.3 is 10.2 Å². The molecule has 0 aromatic carbocycles. The third-order valence-corrected chi connectivity index (χ3v) is 9.55. The second-order valence-corrected chi connectivity index (χ2v) is 10.4. The number of hydrogen-bond donors (Lipinski definition) is 2. The predicted molar refractivity (Wildman–Crippen MR) is 98.4 cm³/mol. The van der Waals surface area contributed by atoms with Crippen LogP contribution >= 0.6 is 0 Å². The fourth-order valence-corrected chi connectivity index (χ4v) is 8.07. The van der Waals surface area contributed by atoms with Gasteiger partial charge in [-0.15, -0.1) is 0 Å². The molecule has 4 aliphatic carbocycles. The molecule has 0 heterocycles. The zero-order chi connectivity index (χ0) is 18.7. The van der Waals surface area contributed by atoms with E-state index in [2.05, 4.69) is 13.8 Å². The fourth-order valence-electron chi connectivity index (χ4n) is 8.07. The van der Waals surface area contributed by atoms with E-state index in [0.29, 0.717) is 29.6 Å². The van der Waals surface area contributed by atoms with E-state index in [9.17, 15) is 9.90 Å². The van der Waals surface area contributed by atoms with Gasteiger partial charge in [0.2, 0.25) is 0 Å². The number of carboxylic acid groups (broad SMARTS) is 1. The molecular weight excluding hydrogens is 331 g/mol. The van der Waals surface area contributed by atoms with E-state index < -0.39 is 18.2 Å². The lowest BCUT2D eigenvalue weighted by Gasteiger charge is -2.61. The minimum absolute atomic E-state index is 0.000198. The number of carboxylic acids is 1. The molecule has 3 nitrogen and oxygen atoms in total. The summed E-state index contributed by atoms with van der Waals surface area (Å²) < 4.78 is 15.4. The summed E-state index contributed by atoms with van der Waals surface area (Å²) in [5.74, 6) is 0.663. The average molecular weight is 367 g/mol. The highest BCUT2D eigenvalue weighted by Crippen LogP contribution is 2.68. The Kier molecular flexibility index (Phi) is 4.65. The van der Waals surface area contributed by atoms with E-state index in [1.165, 1.54) is 25.7 Å². The van der Waals surface area contributed by atoms with Gasteiger partial charge in [0.15, 0.2) is 6.10 Å². The summed E-state index contributed by atoms with van der Waals surface area (Å²) in [6, 6.07) is 0. The van der Waals surface area contributed by atoms with Gasteiger partial charge in [-0.2, -0.15) is 0 Å². The molecule has 0 aliphatic heterocycles. The maximum absolute atomic E-state index is 15.4. The summed E-state index contributed by atoms with van der Waals surface area (Å²) >= 11 is 0. The van der Waals surface area contributed by atoms with Crippen molar-refractivity contribution in [1.82, 2.24) is 0 Å². The van der Waals surface area contributed by atoms with Crippen LogP contribution in [-0.2, 0) is 4.79 Å². The molecule has 9 atom stereocenters. The quantitative estimate of drug-likeness (QED) is 0.753. The molecule has 0 bridgehead atoms. The number of aliphatic carboxylic acids is 1. The Hall–Kier alpha value is -0.640. The molecule has 4 aliphatic rings. The number of aliphatic hydroxyl groups is 1. The molecule has 0 spiro atoms. The van der Waals surface area contributed by atoms with E-state index in [-0.39, 0.29) is 17.3 Å². The summed E-state index contributed by atoms with van der Waals surface area (Å²) in [5.41, 5.74) is 0.311. The fraction of sp³-hybridized carbons (Fsp3) is 0.955. The molecule has 26 heavy (non-hydrogen) atoms. The third kappa shape index (κ3) is 2.65. The summed E-state index contributed by atoms with van der Waals surface area (Å²) in [4.78, 5) is 11.1. The Morgan fingerprint density at radius 2 is 1.81 bits per heavy atom. The van der Waals surface area contributed by atoms with Crippen LogP contribution in [0.3, 0.4) is 0 Å². The van der Waals surface area contributed by atoms with Crippen LogP contribution < -0.4 is 0 Å². The van der Waals surface area contributed by atoms with Crippen LogP contribution in [0.5, 0.6) is 0 Å². The van der Waals surface area contributed by atoms with Crippen molar-refractivity contribution in [3.05, 3.63) is 0 Å². The second kappa shape index (κ2) is 6.46. The summed E-state index contributed by atoms with van der Waals surface area (Å²) in [5, 5.41) is 19.0. The van der Waals surface area contributed by atoms with Crippen molar-refractivity contribution in [2.24, 2.45) is 40.4 Å². The van der Waals surface area contributed by atoms with Gasteiger partial charge in [0.05, 0.1) is 0 Å². The Labute approximate surface area is 156 Å². The van der Waals surface area contributed by atoms with Gasteiger partial charge in [0.25, 0.3) is 0 Å². The lowest BCUT2D eigenvalue weighted by molar-refractivity contribution is -0.152. The Bertz CT molecular complexity index is 566. The van der Waals surface area contributed by atoms with Crippen molar-refractivity contribution in [2.75, 3.05) is 0 Å². The topological polar surface area (TPSA) is 57.5 Å². The minimum atomic E-state index is -1.28. The van der Waals surface area contributed by atoms with Crippen molar-refractivity contribution in [2.45, 2.75) is 90.3 Å². The molecule has 0 aromatic heterocycles. The molecule has 4 fully saturated rings. The Morgan fingerprint density at radius 1 is 1.08 bits per heavy atom. The molecule has 148 valence electrons. The van der Waals surface area contributed by atoms with Crippen LogP contribution in [-0.4, -0.2) is 28.5 Å². The molecule has 0 amide bonds. The summed E-state index contributed by atoms with van der Waals surface area (Å²) in [6.07, 6.45) is 8.25. The molecule has 4 heteroatoms. The maximum atomic E-state index is 15.4. The second-order valence-electron chi connectivity index (χ2n) is 10.4. The molecule has 4 rings (SSSR count). The standard InChI is InChI=1S/C22H35FO3/c1-21-9-4-3-5-13(21)11-17(23)19-15-7-6-14(12-18(24)20(25)26)22(15,2)10-8-16(19)21/h13-19,24H,3-12H2,1-2H3,(H,25,26). The van der Waals surface area contributed by atoms with Crippen molar-refractivity contribution >= 4 is 5.97 Å². The lowest BCUT2D eigenvalue weighted by Crippen LogP contribution is -2.56. The third-order valence-electron chi connectivity index (χ3n) is 9.55. The maximum Gasteiger partial charge on any atom is 0.332 e. The van der Waals surface area contributed by atoms with Crippen molar-refractivity contribution in [3.8, 4) is 0 Å². The van der Waals surface area contributed by atoms with E-state index in [0.717, 1.165) is 32.1 Å². The molecule has 0 radical (unpaired) electrons. The van der Waals surface area contributed by atoms with Crippen molar-refractivity contribution in [3.63, 3.8) is 0 Å². The van der Waals surface area contributed by atoms with E-state index >= 15 is 4.39 Å². The van der Waals surface area contributed by atoms with E-state index in [4.69, 9.17) is 5.11 Å². The first-order chi connectivity index (χ1) is 12.3. The highest BCUT2D eigenvalue weighted by molar-refractivity contribution is 5.71. The smallest absolute Gasteiger partial charge is 0.332 e. The van der Waals surface area contributed by atoms with Gasteiger partial charge in [-0.05, 0) is 91.8 Å². The number of aliphatic hydroxyl groups excluding tert-OH is 1. The van der Waals surface area contributed by atoms with Crippen LogP contribution in [0.4, 0.5) is 4.39 Å². The highest BCUT2D eigenvalue weighted by atomic mass is 19.1. The lowest BCUT2D eigenvalue weighted by atomic mass is 9.44. The Morgan fingerprint density at radius 3 is 2.54 bits per heavy atom. The van der Waals surface area contributed by atoms with Gasteiger partial charge in [0, 0.05) is 0 Å². The van der Waals surface area contributed by atoms with Gasteiger partial charge in [-0.3, -0.25) is 0 Å². The zero-order valence-corrected chi connectivity index (χ0v) is 16.3. The summed E-state index contributed by atoms with van der Waals surface area (Å²) in [6.45, 7) is 4.71. The van der Waals surface area contributed by atoms with E-state index in [1.54, 1.807) is 0 Å². The average Bonchev–Trinajstić information content (AvgIpc) is 2.92. The van der Waals surface area contributed by atoms with Crippen LogP contribution in [0.2, 0.25) is 0 Å². The van der Waals surface area contributed by atoms with Crippen molar-refractivity contribution in [1.29, 1.82) is 0 Å². The van der Waals surface area contributed by atoms with Crippen LogP contribution in [0, 0.1) is 40.4 Å². The number of hydrogen-bond acceptors (Lipinski definition) is 2. The monoisotopic (exact) mass is 366 g/mol. The first kappa shape index (κ1) is 18.7. The number of halogens is 1. The molecule has 2 N–H and O–H groups in total. The van der Waals surface area contributed by atoms with Gasteiger partial charge in [0.1, 0.15) is 6.17 Å². The SMILES string of the molecule is CC12CCC3C(C(F)CC4CCCCC43C)C1CCC2CC(O)C(=O)O. The van der Waals surface area contributed by atoms with Gasteiger partial charge >= 0.3 is 5.97 Å². The number of carbonyl (C=O) groups is 1. The van der Waals surface area contributed by atoms with Crippen LogP contribution in [0.1, 0.15) is 78.1 Å². The molecular formula is C22H35FO3. The molecule has 4 saturated carbocycles. The Balaban J connectivity index is 1.59. The van der Waals surface area contributed by atoms with Gasteiger partial charge in [-0.25, -0.2) is 9.18 Å². The molecule has 9 unspecified atom stereocenters. The zero-order valence-electron chi connectivity index (χ0n) is 16.3. The summed E-state index contributed by atoms with van der Waals surface area (Å²) in [7, 11) is 0. The predicted octanol–water partition coefficient (Wildman–Crippen LogP) is 4.82. The molecule has 0 saturated heterocycles. The first-order valence-corrected chi connectivity index (χ1v) is 10.8. The van der Waals surface area contributed by atoms with E-state index in [1.807, 2.05) is 0 Å². The first-order valence-electron chi connectivity index (χ1n) is 10.8. The highest BCUT2D eigenvalue weighted by Gasteiger charge is 2.62. The van der Waals surface area contributed by atoms with Gasteiger partial charge in [-0.1, -0.05) is 26.7 Å². The van der Waals surface area contributed by atoms with Crippen LogP contribution in [0.25, 0.3) is 0 Å².